The molecule has 1 aromatic rings. The van der Waals surface area contributed by atoms with E-state index in [-0.39, 0.29) is 12.2 Å². The molecular formula is C12H11F2NO2S. The summed E-state index contributed by atoms with van der Waals surface area (Å²) in [6.07, 6.45) is 1.46. The molecule has 2 rings (SSSR count). The molecule has 0 aliphatic heterocycles. The normalized spacial score (nSPS) is 17.2. The first kappa shape index (κ1) is 13.0. The molecule has 18 heavy (non-hydrogen) atoms. The minimum absolute atomic E-state index is 0.148. The largest absolute Gasteiger partial charge is 0.224 e. The van der Waals surface area contributed by atoms with Crippen LogP contribution >= 0.6 is 0 Å². The SMILES string of the molecule is N#CCC1(CS(=O)(=O)c2ccc(F)cc2F)CC1. The summed E-state index contributed by atoms with van der Waals surface area (Å²) in [5.41, 5.74) is -0.533. The van der Waals surface area contributed by atoms with Crippen molar-refractivity contribution in [2.24, 2.45) is 5.41 Å². The molecule has 3 nitrogen and oxygen atoms in total. The molecule has 0 atom stereocenters. The summed E-state index contributed by atoms with van der Waals surface area (Å²) in [5, 5.41) is 8.63. The lowest BCUT2D eigenvalue weighted by Crippen LogP contribution is -2.18. The summed E-state index contributed by atoms with van der Waals surface area (Å²) in [4.78, 5) is -0.492. The van der Waals surface area contributed by atoms with Crippen LogP contribution in [0.3, 0.4) is 0 Å². The molecule has 1 saturated carbocycles. The van der Waals surface area contributed by atoms with Gasteiger partial charge in [-0.25, -0.2) is 17.2 Å². The minimum Gasteiger partial charge on any atom is -0.224 e. The van der Waals surface area contributed by atoms with Gasteiger partial charge in [0.2, 0.25) is 0 Å². The number of nitriles is 1. The lowest BCUT2D eigenvalue weighted by atomic mass is 10.1. The highest BCUT2D eigenvalue weighted by Gasteiger charge is 2.46. The Morgan fingerprint density at radius 3 is 2.50 bits per heavy atom. The van der Waals surface area contributed by atoms with Crippen LogP contribution in [0.15, 0.2) is 23.1 Å². The number of rotatable bonds is 4. The number of hydrogen-bond donors (Lipinski definition) is 0. The second-order valence-electron chi connectivity index (χ2n) is 4.67. The molecule has 1 fully saturated rings. The first-order valence-corrected chi connectivity index (χ1v) is 7.09. The third-order valence-electron chi connectivity index (χ3n) is 3.14. The van der Waals surface area contributed by atoms with Gasteiger partial charge in [0.15, 0.2) is 9.84 Å². The first-order valence-electron chi connectivity index (χ1n) is 5.43. The second-order valence-corrected chi connectivity index (χ2v) is 6.63. The van der Waals surface area contributed by atoms with Crippen LogP contribution in [-0.2, 0) is 9.84 Å². The number of halogens is 2. The Balaban J connectivity index is 2.29. The minimum atomic E-state index is -3.82. The van der Waals surface area contributed by atoms with E-state index in [4.69, 9.17) is 5.26 Å². The van der Waals surface area contributed by atoms with Crippen LogP contribution in [0, 0.1) is 28.4 Å². The van der Waals surface area contributed by atoms with Gasteiger partial charge in [-0.3, -0.25) is 0 Å². The molecule has 0 bridgehead atoms. The predicted octanol–water partition coefficient (Wildman–Crippen LogP) is 2.43. The van der Waals surface area contributed by atoms with Gasteiger partial charge < -0.3 is 0 Å². The molecule has 0 aromatic heterocycles. The monoisotopic (exact) mass is 271 g/mol. The van der Waals surface area contributed by atoms with E-state index in [0.717, 1.165) is 12.1 Å². The van der Waals surface area contributed by atoms with Crippen molar-refractivity contribution in [1.82, 2.24) is 0 Å². The fourth-order valence-electron chi connectivity index (χ4n) is 1.92. The summed E-state index contributed by atoms with van der Waals surface area (Å²) in [6.45, 7) is 0. The Hall–Kier alpha value is -1.48. The molecule has 1 aromatic carbocycles. The fourth-order valence-corrected chi connectivity index (χ4v) is 3.91. The number of nitrogens with zero attached hydrogens (tertiary/aromatic N) is 1. The topological polar surface area (TPSA) is 57.9 Å². The standard InChI is InChI=1S/C12H11F2NO2S/c13-9-1-2-11(10(14)7-9)18(16,17)8-12(3-4-12)5-6-15/h1-2,7H,3-5,8H2. The van der Waals surface area contributed by atoms with Gasteiger partial charge in [-0.1, -0.05) is 0 Å². The van der Waals surface area contributed by atoms with E-state index in [1.807, 2.05) is 6.07 Å². The number of benzene rings is 1. The lowest BCUT2D eigenvalue weighted by Gasteiger charge is -2.12. The van der Waals surface area contributed by atoms with E-state index in [0.29, 0.717) is 18.9 Å². The molecule has 0 radical (unpaired) electrons. The third kappa shape index (κ3) is 2.51. The van der Waals surface area contributed by atoms with Crippen LogP contribution in [-0.4, -0.2) is 14.2 Å². The van der Waals surface area contributed by atoms with Crippen LogP contribution in [0.2, 0.25) is 0 Å². The van der Waals surface area contributed by atoms with Gasteiger partial charge in [-0.15, -0.1) is 0 Å². The average Bonchev–Trinajstić information content (AvgIpc) is 2.96. The van der Waals surface area contributed by atoms with Crippen molar-refractivity contribution in [1.29, 1.82) is 5.26 Å². The van der Waals surface area contributed by atoms with Crippen molar-refractivity contribution < 1.29 is 17.2 Å². The molecule has 0 spiro atoms. The summed E-state index contributed by atoms with van der Waals surface area (Å²) in [5.74, 6) is -2.15. The van der Waals surface area contributed by atoms with Crippen LogP contribution in [0.4, 0.5) is 8.78 Å². The van der Waals surface area contributed by atoms with Gasteiger partial charge in [-0.05, 0) is 30.4 Å². The number of hydrogen-bond acceptors (Lipinski definition) is 3. The summed E-state index contributed by atoms with van der Waals surface area (Å²) < 4.78 is 50.2. The Kier molecular flexibility index (Phi) is 3.11. The van der Waals surface area contributed by atoms with Crippen molar-refractivity contribution in [3.05, 3.63) is 29.8 Å². The Morgan fingerprint density at radius 2 is 2.00 bits per heavy atom. The molecule has 0 N–H and O–H groups in total. The first-order chi connectivity index (χ1) is 8.38. The van der Waals surface area contributed by atoms with Gasteiger partial charge in [0, 0.05) is 12.5 Å². The highest BCUT2D eigenvalue weighted by atomic mass is 32.2. The van der Waals surface area contributed by atoms with Crippen molar-refractivity contribution in [2.75, 3.05) is 5.75 Å². The number of sulfone groups is 1. The Bertz CT molecular complexity index is 615. The maximum Gasteiger partial charge on any atom is 0.181 e. The zero-order chi connectivity index (χ0) is 13.4. The average molecular weight is 271 g/mol. The predicted molar refractivity (Wildman–Crippen MR) is 60.3 cm³/mol. The van der Waals surface area contributed by atoms with Crippen molar-refractivity contribution in [3.63, 3.8) is 0 Å². The molecule has 0 unspecified atom stereocenters. The van der Waals surface area contributed by atoms with Crippen molar-refractivity contribution >= 4 is 9.84 Å². The molecule has 0 heterocycles. The second kappa shape index (κ2) is 4.32. The third-order valence-corrected chi connectivity index (χ3v) is 5.13. The van der Waals surface area contributed by atoms with Gasteiger partial charge in [0.25, 0.3) is 0 Å². The summed E-state index contributed by atoms with van der Waals surface area (Å²) >= 11 is 0. The van der Waals surface area contributed by atoms with E-state index in [1.54, 1.807) is 0 Å². The van der Waals surface area contributed by atoms with Gasteiger partial charge in [-0.2, -0.15) is 5.26 Å². The highest BCUT2D eigenvalue weighted by molar-refractivity contribution is 7.91. The highest BCUT2D eigenvalue weighted by Crippen LogP contribution is 2.50. The van der Waals surface area contributed by atoms with Crippen LogP contribution in [0.25, 0.3) is 0 Å². The van der Waals surface area contributed by atoms with E-state index in [9.17, 15) is 17.2 Å². The quantitative estimate of drug-likeness (QED) is 0.790. The molecule has 1 aliphatic carbocycles. The van der Waals surface area contributed by atoms with E-state index in [2.05, 4.69) is 0 Å². The maximum absolute atomic E-state index is 13.4. The lowest BCUT2D eigenvalue weighted by molar-refractivity contribution is 0.530. The zero-order valence-corrected chi connectivity index (χ0v) is 10.3. The van der Waals surface area contributed by atoms with Crippen LogP contribution in [0.5, 0.6) is 0 Å². The van der Waals surface area contributed by atoms with Crippen molar-refractivity contribution in [3.8, 4) is 6.07 Å². The molecule has 1 aliphatic rings. The Morgan fingerprint density at radius 1 is 1.33 bits per heavy atom. The van der Waals surface area contributed by atoms with Gasteiger partial charge in [0.1, 0.15) is 16.5 Å². The fraction of sp³-hybridized carbons (Fsp3) is 0.417. The van der Waals surface area contributed by atoms with Gasteiger partial charge in [0.05, 0.1) is 11.8 Å². The van der Waals surface area contributed by atoms with E-state index < -0.39 is 31.8 Å². The molecule has 96 valence electrons. The van der Waals surface area contributed by atoms with Crippen molar-refractivity contribution in [2.45, 2.75) is 24.2 Å². The molecular weight excluding hydrogens is 260 g/mol. The van der Waals surface area contributed by atoms with Gasteiger partial charge >= 0.3 is 0 Å². The smallest absolute Gasteiger partial charge is 0.181 e. The molecule has 0 amide bonds. The van der Waals surface area contributed by atoms with E-state index >= 15 is 0 Å². The molecule has 6 heteroatoms. The van der Waals surface area contributed by atoms with E-state index in [1.165, 1.54) is 0 Å². The zero-order valence-electron chi connectivity index (χ0n) is 9.49. The van der Waals surface area contributed by atoms with Crippen LogP contribution in [0.1, 0.15) is 19.3 Å². The Labute approximate surface area is 104 Å². The summed E-state index contributed by atoms with van der Waals surface area (Å²) in [6, 6.07) is 4.35. The maximum atomic E-state index is 13.4. The van der Waals surface area contributed by atoms with Crippen LogP contribution < -0.4 is 0 Å². The molecule has 0 saturated heterocycles. The summed E-state index contributed by atoms with van der Waals surface area (Å²) in [7, 11) is -3.82.